The zero-order valence-electron chi connectivity index (χ0n) is 8.19. The monoisotopic (exact) mass is 222 g/mol. The molecule has 0 aliphatic rings. The summed E-state index contributed by atoms with van der Waals surface area (Å²) in [5.74, 6) is -0.548. The maximum atomic E-state index is 13.1. The number of hydrogen-bond acceptors (Lipinski definition) is 1. The van der Waals surface area contributed by atoms with Crippen LogP contribution in [0.15, 0.2) is 12.1 Å². The lowest BCUT2D eigenvalue weighted by Gasteiger charge is -2.16. The van der Waals surface area contributed by atoms with Gasteiger partial charge in [0.25, 0.3) is 0 Å². The molecule has 0 fully saturated rings. The quantitative estimate of drug-likeness (QED) is 0.724. The third kappa shape index (κ3) is 2.47. The summed E-state index contributed by atoms with van der Waals surface area (Å²) in [5, 5.41) is 8.95. The summed E-state index contributed by atoms with van der Waals surface area (Å²) in [6.45, 7) is 2.71. The van der Waals surface area contributed by atoms with Crippen molar-refractivity contribution in [1.82, 2.24) is 0 Å². The molecule has 0 heterocycles. The van der Waals surface area contributed by atoms with E-state index < -0.39 is 18.1 Å². The average Bonchev–Trinajstić information content (AvgIpc) is 2.10. The summed E-state index contributed by atoms with van der Waals surface area (Å²) in [4.78, 5) is 0. The van der Waals surface area contributed by atoms with Crippen molar-refractivity contribution in [3.05, 3.63) is 34.6 Å². The molecule has 0 aromatic heterocycles. The van der Waals surface area contributed by atoms with Crippen molar-refractivity contribution in [1.29, 1.82) is 0 Å². The van der Waals surface area contributed by atoms with E-state index in [1.807, 2.05) is 0 Å². The number of halogens is 4. The van der Waals surface area contributed by atoms with Crippen LogP contribution in [0.25, 0.3) is 0 Å². The molecular formula is C10H10F4O. The number of aryl methyl sites for hydroxylation is 2. The molecule has 0 radical (unpaired) electrons. The molecule has 0 amide bonds. The van der Waals surface area contributed by atoms with Crippen LogP contribution in [0, 0.1) is 19.7 Å². The SMILES string of the molecule is Cc1cc(C(O)C(F)(F)F)cc(C)c1F. The lowest BCUT2D eigenvalue weighted by Crippen LogP contribution is -2.20. The van der Waals surface area contributed by atoms with Crippen molar-refractivity contribution in [3.8, 4) is 0 Å². The molecule has 1 rings (SSSR count). The Bertz CT molecular complexity index is 347. The molecule has 0 spiro atoms. The van der Waals surface area contributed by atoms with Gasteiger partial charge in [0.15, 0.2) is 6.10 Å². The van der Waals surface area contributed by atoms with E-state index >= 15 is 0 Å². The maximum Gasteiger partial charge on any atom is 0.418 e. The van der Waals surface area contributed by atoms with E-state index in [1.165, 1.54) is 13.8 Å². The molecule has 84 valence electrons. The lowest BCUT2D eigenvalue weighted by molar-refractivity contribution is -0.206. The second-order valence-electron chi connectivity index (χ2n) is 3.41. The summed E-state index contributed by atoms with van der Waals surface area (Å²) in [7, 11) is 0. The maximum absolute atomic E-state index is 13.1. The minimum Gasteiger partial charge on any atom is -0.379 e. The molecule has 1 nitrogen and oxygen atoms in total. The van der Waals surface area contributed by atoms with Gasteiger partial charge in [0.1, 0.15) is 5.82 Å². The minimum atomic E-state index is -4.73. The molecule has 5 heteroatoms. The zero-order chi connectivity index (χ0) is 11.8. The number of hydrogen-bond donors (Lipinski definition) is 1. The van der Waals surface area contributed by atoms with E-state index in [0.29, 0.717) is 0 Å². The first-order chi connectivity index (χ1) is 6.73. The second kappa shape index (κ2) is 3.81. The summed E-state index contributed by atoms with van der Waals surface area (Å²) in [5.41, 5.74) is -0.152. The topological polar surface area (TPSA) is 20.2 Å². The van der Waals surface area contributed by atoms with Crippen LogP contribution in [0.4, 0.5) is 17.6 Å². The van der Waals surface area contributed by atoms with Gasteiger partial charge in [0.2, 0.25) is 0 Å². The fourth-order valence-corrected chi connectivity index (χ4v) is 1.33. The highest BCUT2D eigenvalue weighted by molar-refractivity contribution is 5.32. The standard InChI is InChI=1S/C10H10F4O/c1-5-3-7(4-6(2)8(5)11)9(15)10(12,13)14/h3-4,9,15H,1-2H3. The number of alkyl halides is 3. The van der Waals surface area contributed by atoms with Gasteiger partial charge in [0, 0.05) is 0 Å². The first-order valence-electron chi connectivity index (χ1n) is 4.25. The van der Waals surface area contributed by atoms with Crippen molar-refractivity contribution in [3.63, 3.8) is 0 Å². The van der Waals surface area contributed by atoms with E-state index in [1.54, 1.807) is 0 Å². The van der Waals surface area contributed by atoms with E-state index in [-0.39, 0.29) is 16.7 Å². The normalized spacial score (nSPS) is 14.1. The van der Waals surface area contributed by atoms with Crippen LogP contribution in [-0.4, -0.2) is 11.3 Å². The van der Waals surface area contributed by atoms with Crippen molar-refractivity contribution in [2.75, 3.05) is 0 Å². The predicted octanol–water partition coefficient (Wildman–Crippen LogP) is 3.04. The summed E-state index contributed by atoms with van der Waals surface area (Å²) >= 11 is 0. The van der Waals surface area contributed by atoms with Crippen LogP contribution in [0.2, 0.25) is 0 Å². The Labute approximate surface area is 84.3 Å². The fourth-order valence-electron chi connectivity index (χ4n) is 1.33. The highest BCUT2D eigenvalue weighted by atomic mass is 19.4. The van der Waals surface area contributed by atoms with Gasteiger partial charge < -0.3 is 5.11 Å². The Balaban J connectivity index is 3.17. The van der Waals surface area contributed by atoms with E-state index in [0.717, 1.165) is 12.1 Å². The third-order valence-electron chi connectivity index (χ3n) is 2.08. The van der Waals surface area contributed by atoms with Gasteiger partial charge in [-0.2, -0.15) is 13.2 Å². The molecule has 1 unspecified atom stereocenters. The molecule has 0 saturated carbocycles. The van der Waals surface area contributed by atoms with Crippen LogP contribution in [0.5, 0.6) is 0 Å². The van der Waals surface area contributed by atoms with Gasteiger partial charge >= 0.3 is 6.18 Å². The molecular weight excluding hydrogens is 212 g/mol. The molecule has 0 saturated heterocycles. The zero-order valence-corrected chi connectivity index (χ0v) is 8.19. The molecule has 0 bridgehead atoms. The highest BCUT2D eigenvalue weighted by Gasteiger charge is 2.39. The Hall–Kier alpha value is -1.10. The van der Waals surface area contributed by atoms with E-state index in [2.05, 4.69) is 0 Å². The first kappa shape index (κ1) is 12.0. The first-order valence-corrected chi connectivity index (χ1v) is 4.25. The van der Waals surface area contributed by atoms with Gasteiger partial charge in [-0.15, -0.1) is 0 Å². The molecule has 1 aromatic carbocycles. The lowest BCUT2D eigenvalue weighted by atomic mass is 10.0. The Kier molecular flexibility index (Phi) is 3.04. The van der Waals surface area contributed by atoms with Crippen molar-refractivity contribution >= 4 is 0 Å². The summed E-state index contributed by atoms with van der Waals surface area (Å²) in [6.07, 6.45) is -7.29. The van der Waals surface area contributed by atoms with Crippen molar-refractivity contribution in [2.24, 2.45) is 0 Å². The van der Waals surface area contributed by atoms with Crippen LogP contribution in [0.1, 0.15) is 22.8 Å². The van der Waals surface area contributed by atoms with Gasteiger partial charge in [-0.1, -0.05) is 12.1 Å². The van der Waals surface area contributed by atoms with Crippen LogP contribution in [-0.2, 0) is 0 Å². The second-order valence-corrected chi connectivity index (χ2v) is 3.41. The van der Waals surface area contributed by atoms with Gasteiger partial charge in [0.05, 0.1) is 0 Å². The number of benzene rings is 1. The van der Waals surface area contributed by atoms with E-state index in [4.69, 9.17) is 5.11 Å². The fraction of sp³-hybridized carbons (Fsp3) is 0.400. The largest absolute Gasteiger partial charge is 0.418 e. The molecule has 15 heavy (non-hydrogen) atoms. The minimum absolute atomic E-state index is 0.0910. The van der Waals surface area contributed by atoms with Gasteiger partial charge in [-0.25, -0.2) is 4.39 Å². The van der Waals surface area contributed by atoms with Crippen molar-refractivity contribution in [2.45, 2.75) is 26.1 Å². The predicted molar refractivity (Wildman–Crippen MR) is 46.9 cm³/mol. The van der Waals surface area contributed by atoms with Gasteiger partial charge in [-0.3, -0.25) is 0 Å². The summed E-state index contributed by atoms with van der Waals surface area (Å²) < 4.78 is 49.6. The van der Waals surface area contributed by atoms with Crippen LogP contribution in [0.3, 0.4) is 0 Å². The number of rotatable bonds is 1. The molecule has 1 N–H and O–H groups in total. The highest BCUT2D eigenvalue weighted by Crippen LogP contribution is 2.33. The van der Waals surface area contributed by atoms with Crippen LogP contribution < -0.4 is 0 Å². The third-order valence-corrected chi connectivity index (χ3v) is 2.08. The molecule has 0 aliphatic heterocycles. The molecule has 1 aromatic rings. The smallest absolute Gasteiger partial charge is 0.379 e. The Morgan fingerprint density at radius 3 is 1.87 bits per heavy atom. The molecule has 0 aliphatic carbocycles. The van der Waals surface area contributed by atoms with E-state index in [9.17, 15) is 17.6 Å². The number of aliphatic hydroxyl groups excluding tert-OH is 1. The van der Waals surface area contributed by atoms with Gasteiger partial charge in [-0.05, 0) is 30.5 Å². The summed E-state index contributed by atoms with van der Waals surface area (Å²) in [6, 6.07) is 2.00. The number of aliphatic hydroxyl groups is 1. The van der Waals surface area contributed by atoms with Crippen molar-refractivity contribution < 1.29 is 22.7 Å². The van der Waals surface area contributed by atoms with Crippen LogP contribution >= 0.6 is 0 Å². The molecule has 1 atom stereocenters. The average molecular weight is 222 g/mol. The Morgan fingerprint density at radius 2 is 1.53 bits per heavy atom. The Morgan fingerprint density at radius 1 is 1.13 bits per heavy atom.